The number of aromatic nitrogens is 3. The Morgan fingerprint density at radius 2 is 2.17 bits per heavy atom. The monoisotopic (exact) mass is 334 g/mol. The molecule has 1 amide bonds. The molecule has 3 rings (SSSR count). The highest BCUT2D eigenvalue weighted by atomic mass is 32.1. The summed E-state index contributed by atoms with van der Waals surface area (Å²) >= 11 is 1.12. The maximum atomic E-state index is 12.4. The van der Waals surface area contributed by atoms with E-state index >= 15 is 0 Å². The van der Waals surface area contributed by atoms with Crippen LogP contribution in [0.5, 0.6) is 5.75 Å². The molecule has 0 radical (unpaired) electrons. The molecule has 1 saturated heterocycles. The zero-order valence-electron chi connectivity index (χ0n) is 13.3. The van der Waals surface area contributed by atoms with Gasteiger partial charge in [-0.05, 0) is 31.4 Å². The maximum absolute atomic E-state index is 12.4. The molecule has 8 heteroatoms. The highest BCUT2D eigenvalue weighted by Gasteiger charge is 2.30. The molecule has 2 aromatic heterocycles. The van der Waals surface area contributed by atoms with Gasteiger partial charge in [-0.25, -0.2) is 0 Å². The zero-order chi connectivity index (χ0) is 16.6. The standard InChI is InChI=1S/C15H18N4O3S/c1-9-6-12(7-13(20)18(9)3)22-11-4-5-19(8-11)15(21)14-10(2)16-17-23-14/h6-7,11H,4-5,8H2,1-3H3/t11-/m1/s1. The van der Waals surface area contributed by atoms with Crippen LogP contribution in [0, 0.1) is 13.8 Å². The van der Waals surface area contributed by atoms with Gasteiger partial charge in [0.15, 0.2) is 0 Å². The molecule has 0 aromatic carbocycles. The molecule has 1 atom stereocenters. The van der Waals surface area contributed by atoms with E-state index in [1.54, 1.807) is 23.4 Å². The van der Waals surface area contributed by atoms with Crippen LogP contribution in [-0.2, 0) is 7.05 Å². The summed E-state index contributed by atoms with van der Waals surface area (Å²) in [5, 5.41) is 3.88. The van der Waals surface area contributed by atoms with Crippen LogP contribution >= 0.6 is 11.5 Å². The summed E-state index contributed by atoms with van der Waals surface area (Å²) in [6.07, 6.45) is 0.636. The fourth-order valence-corrected chi connectivity index (χ4v) is 3.20. The second kappa shape index (κ2) is 6.11. The van der Waals surface area contributed by atoms with Crippen LogP contribution < -0.4 is 10.3 Å². The van der Waals surface area contributed by atoms with E-state index in [1.807, 2.05) is 13.0 Å². The van der Waals surface area contributed by atoms with Crippen molar-refractivity contribution in [3.8, 4) is 5.75 Å². The number of pyridine rings is 1. The molecule has 3 heterocycles. The Bertz CT molecular complexity index is 798. The summed E-state index contributed by atoms with van der Waals surface area (Å²) in [4.78, 5) is 26.6. The topological polar surface area (TPSA) is 77.3 Å². The highest BCUT2D eigenvalue weighted by molar-refractivity contribution is 7.07. The molecule has 23 heavy (non-hydrogen) atoms. The molecule has 1 fully saturated rings. The smallest absolute Gasteiger partial charge is 0.267 e. The van der Waals surface area contributed by atoms with E-state index in [0.717, 1.165) is 23.6 Å². The quantitative estimate of drug-likeness (QED) is 0.841. The minimum atomic E-state index is -0.105. The predicted molar refractivity (Wildman–Crippen MR) is 86.0 cm³/mol. The summed E-state index contributed by atoms with van der Waals surface area (Å²) in [5.41, 5.74) is 1.40. The highest BCUT2D eigenvalue weighted by Crippen LogP contribution is 2.21. The van der Waals surface area contributed by atoms with Gasteiger partial charge in [0.2, 0.25) is 0 Å². The van der Waals surface area contributed by atoms with Crippen LogP contribution in [-0.4, -0.2) is 44.2 Å². The first-order chi connectivity index (χ1) is 11.0. The van der Waals surface area contributed by atoms with Crippen molar-refractivity contribution < 1.29 is 9.53 Å². The number of hydrogen-bond donors (Lipinski definition) is 0. The fraction of sp³-hybridized carbons (Fsp3) is 0.467. The molecular formula is C15H18N4O3S. The van der Waals surface area contributed by atoms with Gasteiger partial charge in [-0.1, -0.05) is 4.49 Å². The van der Waals surface area contributed by atoms with Gasteiger partial charge in [-0.15, -0.1) is 5.10 Å². The Labute approximate surface area is 137 Å². The Hall–Kier alpha value is -2.22. The van der Waals surface area contributed by atoms with Crippen LogP contribution in [0.15, 0.2) is 16.9 Å². The lowest BCUT2D eigenvalue weighted by Gasteiger charge is -2.17. The second-order valence-corrected chi connectivity index (χ2v) is 6.45. The van der Waals surface area contributed by atoms with Crippen molar-refractivity contribution in [2.75, 3.05) is 13.1 Å². The first-order valence-corrected chi connectivity index (χ1v) is 8.15. The number of amides is 1. The lowest BCUT2D eigenvalue weighted by Crippen LogP contribution is -2.31. The summed E-state index contributed by atoms with van der Waals surface area (Å²) in [5.74, 6) is 0.504. The SMILES string of the molecule is Cc1nnsc1C(=O)N1CC[C@@H](Oc2cc(C)n(C)c(=O)c2)C1. The van der Waals surface area contributed by atoms with E-state index in [-0.39, 0.29) is 17.6 Å². The molecule has 122 valence electrons. The van der Waals surface area contributed by atoms with Crippen molar-refractivity contribution in [1.82, 2.24) is 19.1 Å². The van der Waals surface area contributed by atoms with Crippen molar-refractivity contribution >= 4 is 17.4 Å². The Morgan fingerprint density at radius 3 is 2.83 bits per heavy atom. The third-order valence-corrected chi connectivity index (χ3v) is 4.87. The maximum Gasteiger partial charge on any atom is 0.267 e. The molecule has 0 spiro atoms. The van der Waals surface area contributed by atoms with Crippen LogP contribution in [0.1, 0.15) is 27.5 Å². The third-order valence-electron chi connectivity index (χ3n) is 4.06. The minimum Gasteiger partial charge on any atom is -0.488 e. The van der Waals surface area contributed by atoms with Crippen molar-refractivity contribution in [2.45, 2.75) is 26.4 Å². The number of aryl methyl sites for hydroxylation is 2. The van der Waals surface area contributed by atoms with Crippen molar-refractivity contribution in [3.63, 3.8) is 0 Å². The van der Waals surface area contributed by atoms with Gasteiger partial charge in [0.25, 0.3) is 11.5 Å². The lowest BCUT2D eigenvalue weighted by molar-refractivity contribution is 0.0776. The van der Waals surface area contributed by atoms with Gasteiger partial charge in [0.05, 0.1) is 12.2 Å². The van der Waals surface area contributed by atoms with Gasteiger partial charge < -0.3 is 14.2 Å². The fourth-order valence-electron chi connectivity index (χ4n) is 2.58. The number of hydrogen-bond acceptors (Lipinski definition) is 6. The van der Waals surface area contributed by atoms with Gasteiger partial charge in [-0.2, -0.15) is 0 Å². The van der Waals surface area contributed by atoms with Crippen LogP contribution in [0.4, 0.5) is 0 Å². The van der Waals surface area contributed by atoms with E-state index in [9.17, 15) is 9.59 Å². The summed E-state index contributed by atoms with van der Waals surface area (Å²) < 4.78 is 11.3. The first-order valence-electron chi connectivity index (χ1n) is 7.38. The normalized spacial score (nSPS) is 17.5. The molecule has 0 unspecified atom stereocenters. The van der Waals surface area contributed by atoms with Crippen molar-refractivity contribution in [2.24, 2.45) is 7.05 Å². The molecule has 0 N–H and O–H groups in total. The molecule has 0 saturated carbocycles. The zero-order valence-corrected chi connectivity index (χ0v) is 14.1. The number of rotatable bonds is 3. The van der Waals surface area contributed by atoms with Crippen LogP contribution in [0.3, 0.4) is 0 Å². The van der Waals surface area contributed by atoms with E-state index < -0.39 is 0 Å². The van der Waals surface area contributed by atoms with Gasteiger partial charge in [0.1, 0.15) is 16.7 Å². The van der Waals surface area contributed by atoms with Gasteiger partial charge >= 0.3 is 0 Å². The van der Waals surface area contributed by atoms with E-state index in [1.165, 1.54) is 6.07 Å². The minimum absolute atomic E-state index is 0.0521. The molecule has 1 aliphatic heterocycles. The molecule has 0 bridgehead atoms. The summed E-state index contributed by atoms with van der Waals surface area (Å²) in [6.45, 7) is 4.77. The van der Waals surface area contributed by atoms with Crippen LogP contribution in [0.25, 0.3) is 0 Å². The summed E-state index contributed by atoms with van der Waals surface area (Å²) in [7, 11) is 1.73. The molecule has 2 aromatic rings. The molecule has 1 aliphatic rings. The average Bonchev–Trinajstić information content (AvgIpc) is 3.13. The second-order valence-electron chi connectivity index (χ2n) is 5.70. The number of likely N-dealkylation sites (tertiary alicyclic amines) is 1. The molecular weight excluding hydrogens is 316 g/mol. The first kappa shape index (κ1) is 15.7. The number of ether oxygens (including phenoxy) is 1. The van der Waals surface area contributed by atoms with Gasteiger partial charge in [0, 0.05) is 31.8 Å². The van der Waals surface area contributed by atoms with Crippen molar-refractivity contribution in [1.29, 1.82) is 0 Å². The predicted octanol–water partition coefficient (Wildman–Crippen LogP) is 1.15. The molecule has 0 aliphatic carbocycles. The number of nitrogens with zero attached hydrogens (tertiary/aromatic N) is 4. The van der Waals surface area contributed by atoms with E-state index in [0.29, 0.717) is 29.4 Å². The van der Waals surface area contributed by atoms with E-state index in [2.05, 4.69) is 9.59 Å². The average molecular weight is 334 g/mol. The number of carbonyl (C=O) groups excluding carboxylic acids is 1. The summed E-state index contributed by atoms with van der Waals surface area (Å²) in [6, 6.07) is 3.32. The van der Waals surface area contributed by atoms with Gasteiger partial charge in [-0.3, -0.25) is 9.59 Å². The largest absolute Gasteiger partial charge is 0.488 e. The molecule has 7 nitrogen and oxygen atoms in total. The Morgan fingerprint density at radius 1 is 1.39 bits per heavy atom. The van der Waals surface area contributed by atoms with Crippen LogP contribution in [0.2, 0.25) is 0 Å². The Kier molecular flexibility index (Phi) is 4.16. The third kappa shape index (κ3) is 3.12. The Balaban J connectivity index is 1.68. The van der Waals surface area contributed by atoms with Crippen molar-refractivity contribution in [3.05, 3.63) is 38.8 Å². The number of carbonyl (C=O) groups is 1. The lowest BCUT2D eigenvalue weighted by atomic mass is 10.3. The van der Waals surface area contributed by atoms with E-state index in [4.69, 9.17) is 4.74 Å².